The van der Waals surface area contributed by atoms with Crippen LogP contribution in [0.25, 0.3) is 0 Å². The van der Waals surface area contributed by atoms with Crippen molar-refractivity contribution in [3.63, 3.8) is 0 Å². The molecule has 2 aromatic rings. The summed E-state index contributed by atoms with van der Waals surface area (Å²) in [5.74, 6) is 5.75. The van der Waals surface area contributed by atoms with Crippen molar-refractivity contribution in [3.8, 4) is 11.8 Å². The number of hydrogen-bond acceptors (Lipinski definition) is 2. The van der Waals surface area contributed by atoms with Crippen LogP contribution in [-0.2, 0) is 5.72 Å². The number of rotatable bonds is 3. The summed E-state index contributed by atoms with van der Waals surface area (Å²) < 4.78 is 0. The number of nitrogens with zero attached hydrogens (tertiary/aromatic N) is 1. The molecule has 0 fully saturated rings. The Morgan fingerprint density at radius 2 is 1.78 bits per heavy atom. The zero-order valence-corrected chi connectivity index (χ0v) is 13.1. The molecule has 1 aliphatic rings. The number of anilines is 1. The Labute approximate surface area is 136 Å². The second-order valence-corrected chi connectivity index (χ2v) is 5.60. The van der Waals surface area contributed by atoms with E-state index in [-0.39, 0.29) is 5.91 Å². The van der Waals surface area contributed by atoms with Crippen molar-refractivity contribution in [1.82, 2.24) is 0 Å². The molecule has 3 rings (SSSR count). The number of para-hydroxylation sites is 1. The lowest BCUT2D eigenvalue weighted by Crippen LogP contribution is -2.43. The Morgan fingerprint density at radius 1 is 1.09 bits per heavy atom. The van der Waals surface area contributed by atoms with Gasteiger partial charge in [0.2, 0.25) is 5.72 Å². The van der Waals surface area contributed by atoms with Crippen LogP contribution in [0.15, 0.2) is 54.6 Å². The zero-order chi connectivity index (χ0) is 16.3. The van der Waals surface area contributed by atoms with Gasteiger partial charge in [-0.3, -0.25) is 9.69 Å². The van der Waals surface area contributed by atoms with Gasteiger partial charge in [0.25, 0.3) is 5.91 Å². The summed E-state index contributed by atoms with van der Waals surface area (Å²) in [4.78, 5) is 14.2. The molecule has 1 N–H and O–H groups in total. The fourth-order valence-electron chi connectivity index (χ4n) is 2.82. The summed E-state index contributed by atoms with van der Waals surface area (Å²) in [6, 6.07) is 16.3. The van der Waals surface area contributed by atoms with Crippen LogP contribution in [-0.4, -0.2) is 11.0 Å². The first kappa shape index (κ1) is 15.3. The SMILES string of the molecule is CCCCC#C[C@]1(O)c2ccccc2C(=O)N1c1ccccc1. The summed E-state index contributed by atoms with van der Waals surface area (Å²) in [6.45, 7) is 2.10. The zero-order valence-electron chi connectivity index (χ0n) is 13.1. The number of amides is 1. The van der Waals surface area contributed by atoms with E-state index in [1.807, 2.05) is 36.4 Å². The molecule has 0 spiro atoms. The standard InChI is InChI=1S/C20H19NO2/c1-2-3-4-10-15-20(23)18-14-9-8-13-17(18)19(22)21(20)16-11-6-5-7-12-16/h5-9,11-14,23H,2-4H2,1H3/t20-/m0/s1. The molecule has 0 saturated carbocycles. The van der Waals surface area contributed by atoms with E-state index >= 15 is 0 Å². The van der Waals surface area contributed by atoms with Gasteiger partial charge in [0, 0.05) is 23.2 Å². The van der Waals surface area contributed by atoms with Gasteiger partial charge in [0.1, 0.15) is 0 Å². The number of carbonyl (C=O) groups is 1. The van der Waals surface area contributed by atoms with Gasteiger partial charge in [-0.1, -0.05) is 55.7 Å². The van der Waals surface area contributed by atoms with Gasteiger partial charge in [-0.15, -0.1) is 0 Å². The van der Waals surface area contributed by atoms with Crippen molar-refractivity contribution in [2.24, 2.45) is 0 Å². The first-order valence-electron chi connectivity index (χ1n) is 7.90. The van der Waals surface area contributed by atoms with E-state index in [9.17, 15) is 9.90 Å². The fraction of sp³-hybridized carbons (Fsp3) is 0.250. The number of hydrogen-bond donors (Lipinski definition) is 1. The van der Waals surface area contributed by atoms with Gasteiger partial charge < -0.3 is 5.11 Å². The maximum atomic E-state index is 12.8. The van der Waals surface area contributed by atoms with Crippen LogP contribution in [0.1, 0.15) is 42.1 Å². The second-order valence-electron chi connectivity index (χ2n) is 5.60. The minimum atomic E-state index is -1.61. The molecule has 23 heavy (non-hydrogen) atoms. The third-order valence-electron chi connectivity index (χ3n) is 3.99. The van der Waals surface area contributed by atoms with Crippen molar-refractivity contribution < 1.29 is 9.90 Å². The Morgan fingerprint density at radius 3 is 2.52 bits per heavy atom. The smallest absolute Gasteiger partial charge is 0.262 e. The third kappa shape index (κ3) is 2.62. The highest BCUT2D eigenvalue weighted by molar-refractivity contribution is 6.12. The Balaban J connectivity index is 2.10. The highest BCUT2D eigenvalue weighted by Gasteiger charge is 2.48. The molecule has 0 radical (unpaired) electrons. The number of carbonyl (C=O) groups excluding carboxylic acids is 1. The monoisotopic (exact) mass is 305 g/mol. The topological polar surface area (TPSA) is 40.5 Å². The van der Waals surface area contributed by atoms with Crippen LogP contribution in [0.4, 0.5) is 5.69 Å². The van der Waals surface area contributed by atoms with Crippen molar-refractivity contribution in [2.45, 2.75) is 31.9 Å². The highest BCUT2D eigenvalue weighted by Crippen LogP contribution is 2.40. The van der Waals surface area contributed by atoms with E-state index < -0.39 is 5.72 Å². The molecule has 0 unspecified atom stereocenters. The highest BCUT2D eigenvalue weighted by atomic mass is 16.3. The van der Waals surface area contributed by atoms with Crippen LogP contribution in [0, 0.1) is 11.8 Å². The van der Waals surface area contributed by atoms with Crippen molar-refractivity contribution >= 4 is 11.6 Å². The summed E-state index contributed by atoms with van der Waals surface area (Å²) in [7, 11) is 0. The lowest BCUT2D eigenvalue weighted by atomic mass is 10.0. The van der Waals surface area contributed by atoms with E-state index in [0.29, 0.717) is 23.2 Å². The van der Waals surface area contributed by atoms with Crippen molar-refractivity contribution in [2.75, 3.05) is 4.90 Å². The second kappa shape index (κ2) is 6.28. The number of unbranched alkanes of at least 4 members (excludes halogenated alkanes) is 2. The molecule has 3 nitrogen and oxygen atoms in total. The molecule has 3 heteroatoms. The quantitative estimate of drug-likeness (QED) is 0.694. The van der Waals surface area contributed by atoms with Crippen molar-refractivity contribution in [3.05, 3.63) is 65.7 Å². The number of fused-ring (bicyclic) bond motifs is 1. The lowest BCUT2D eigenvalue weighted by Gasteiger charge is -2.29. The molecule has 1 aliphatic heterocycles. The lowest BCUT2D eigenvalue weighted by molar-refractivity contribution is 0.0792. The third-order valence-corrected chi connectivity index (χ3v) is 3.99. The Bertz CT molecular complexity index is 773. The molecular formula is C20H19NO2. The fourth-order valence-corrected chi connectivity index (χ4v) is 2.82. The van der Waals surface area contributed by atoms with E-state index in [1.165, 1.54) is 4.90 Å². The average Bonchev–Trinajstić information content (AvgIpc) is 2.81. The van der Waals surface area contributed by atoms with Gasteiger partial charge in [-0.25, -0.2) is 0 Å². The molecule has 116 valence electrons. The summed E-state index contributed by atoms with van der Waals surface area (Å²) >= 11 is 0. The van der Waals surface area contributed by atoms with Crippen LogP contribution in [0.3, 0.4) is 0 Å². The van der Waals surface area contributed by atoms with E-state index in [2.05, 4.69) is 18.8 Å². The van der Waals surface area contributed by atoms with Gasteiger partial charge in [0.15, 0.2) is 0 Å². The van der Waals surface area contributed by atoms with E-state index in [4.69, 9.17) is 0 Å². The maximum Gasteiger partial charge on any atom is 0.262 e. The van der Waals surface area contributed by atoms with Gasteiger partial charge in [-0.05, 0) is 30.5 Å². The molecule has 1 heterocycles. The van der Waals surface area contributed by atoms with Crippen LogP contribution in [0.2, 0.25) is 0 Å². The summed E-state index contributed by atoms with van der Waals surface area (Å²) in [5, 5.41) is 11.3. The van der Waals surface area contributed by atoms with Gasteiger partial charge in [0.05, 0.1) is 0 Å². The van der Waals surface area contributed by atoms with Gasteiger partial charge >= 0.3 is 0 Å². The minimum Gasteiger partial charge on any atom is -0.357 e. The first-order chi connectivity index (χ1) is 11.2. The molecule has 1 amide bonds. The molecule has 0 aromatic heterocycles. The van der Waals surface area contributed by atoms with E-state index in [0.717, 1.165) is 12.8 Å². The predicted molar refractivity (Wildman–Crippen MR) is 90.9 cm³/mol. The number of aliphatic hydroxyl groups is 1. The van der Waals surface area contributed by atoms with Crippen LogP contribution >= 0.6 is 0 Å². The summed E-state index contributed by atoms with van der Waals surface area (Å²) in [6.07, 6.45) is 2.73. The van der Waals surface area contributed by atoms with E-state index in [1.54, 1.807) is 18.2 Å². The normalized spacial score (nSPS) is 19.2. The van der Waals surface area contributed by atoms with Crippen LogP contribution in [0.5, 0.6) is 0 Å². The number of benzene rings is 2. The first-order valence-corrected chi connectivity index (χ1v) is 7.90. The van der Waals surface area contributed by atoms with Crippen molar-refractivity contribution in [1.29, 1.82) is 0 Å². The molecular weight excluding hydrogens is 286 g/mol. The molecule has 0 bridgehead atoms. The van der Waals surface area contributed by atoms with Crippen LogP contribution < -0.4 is 4.90 Å². The maximum absolute atomic E-state index is 12.8. The molecule has 1 atom stereocenters. The Hall–Kier alpha value is -2.57. The van der Waals surface area contributed by atoms with Gasteiger partial charge in [-0.2, -0.15) is 0 Å². The molecule has 0 saturated heterocycles. The largest absolute Gasteiger partial charge is 0.357 e. The average molecular weight is 305 g/mol. The molecule has 0 aliphatic carbocycles. The predicted octanol–water partition coefficient (Wildman–Crippen LogP) is 3.69. The Kier molecular flexibility index (Phi) is 4.18. The summed E-state index contributed by atoms with van der Waals surface area (Å²) in [5.41, 5.74) is 0.0884. The molecule has 2 aromatic carbocycles. The minimum absolute atomic E-state index is 0.223.